The molecule has 1 fully saturated rings. The fraction of sp³-hybridized carbons (Fsp3) is 0.636. The van der Waals surface area contributed by atoms with E-state index in [0.717, 1.165) is 30.8 Å². The predicted octanol–water partition coefficient (Wildman–Crippen LogP) is 1.76. The molecule has 1 heterocycles. The summed E-state index contributed by atoms with van der Waals surface area (Å²) in [6.45, 7) is 1.95. The number of rotatable bonds is 3. The van der Waals surface area contributed by atoms with E-state index in [-0.39, 0.29) is 0 Å². The molecule has 0 bridgehead atoms. The maximum atomic E-state index is 5.33. The summed E-state index contributed by atoms with van der Waals surface area (Å²) in [5, 5.41) is 3.39. The zero-order chi connectivity index (χ0) is 10.7. The Morgan fingerprint density at radius 3 is 2.93 bits per heavy atom. The van der Waals surface area contributed by atoms with Gasteiger partial charge in [0.05, 0.1) is 18.0 Å². The Morgan fingerprint density at radius 2 is 2.27 bits per heavy atom. The molecule has 1 aliphatic rings. The zero-order valence-electron chi connectivity index (χ0n) is 9.23. The lowest BCUT2D eigenvalue weighted by molar-refractivity contribution is 0.108. The molecular weight excluding hydrogens is 190 g/mol. The van der Waals surface area contributed by atoms with Gasteiger partial charge in [0.2, 0.25) is 0 Å². The average Bonchev–Trinajstić information content (AvgIpc) is 2.65. The van der Waals surface area contributed by atoms with Crippen LogP contribution in [0, 0.1) is 6.92 Å². The lowest BCUT2D eigenvalue weighted by atomic mass is 10.2. The maximum absolute atomic E-state index is 5.33. The molecular formula is C11H17N3O. The molecule has 1 aliphatic carbocycles. The molecule has 0 radical (unpaired) electrons. The lowest BCUT2D eigenvalue weighted by Crippen LogP contribution is -2.18. The number of hydrogen-bond acceptors (Lipinski definition) is 4. The second-order valence-corrected chi connectivity index (χ2v) is 4.06. The van der Waals surface area contributed by atoms with E-state index >= 15 is 0 Å². The van der Waals surface area contributed by atoms with E-state index in [1.165, 1.54) is 0 Å². The van der Waals surface area contributed by atoms with Gasteiger partial charge in [-0.2, -0.15) is 0 Å². The highest BCUT2D eigenvalue weighted by Gasteiger charge is 2.24. The molecule has 15 heavy (non-hydrogen) atoms. The Kier molecular flexibility index (Phi) is 3.16. The number of nitrogens with one attached hydrogen (secondary N) is 1. The molecule has 1 aromatic rings. The van der Waals surface area contributed by atoms with E-state index in [0.29, 0.717) is 12.1 Å². The van der Waals surface area contributed by atoms with Gasteiger partial charge in [-0.3, -0.25) is 4.98 Å². The molecule has 0 amide bonds. The molecule has 2 atom stereocenters. The second kappa shape index (κ2) is 4.57. The van der Waals surface area contributed by atoms with Gasteiger partial charge < -0.3 is 10.1 Å². The van der Waals surface area contributed by atoms with Gasteiger partial charge in [-0.1, -0.05) is 0 Å². The lowest BCUT2D eigenvalue weighted by Gasteiger charge is -2.13. The van der Waals surface area contributed by atoms with Crippen molar-refractivity contribution in [3.05, 3.63) is 18.1 Å². The van der Waals surface area contributed by atoms with Crippen LogP contribution in [0.3, 0.4) is 0 Å². The van der Waals surface area contributed by atoms with Crippen LogP contribution in [0.5, 0.6) is 0 Å². The molecule has 2 rings (SSSR count). The summed E-state index contributed by atoms with van der Waals surface area (Å²) in [7, 11) is 1.78. The van der Waals surface area contributed by atoms with Crippen LogP contribution in [0.25, 0.3) is 0 Å². The average molecular weight is 207 g/mol. The number of hydrogen-bond donors (Lipinski definition) is 1. The van der Waals surface area contributed by atoms with E-state index in [9.17, 15) is 0 Å². The van der Waals surface area contributed by atoms with Gasteiger partial charge in [0.25, 0.3) is 0 Å². The SMILES string of the molecule is COC1CCC(Nc2cncc(C)n2)C1. The third kappa shape index (κ3) is 2.65. The summed E-state index contributed by atoms with van der Waals surface area (Å²) in [6.07, 6.45) is 7.28. The van der Waals surface area contributed by atoms with Crippen molar-refractivity contribution in [1.29, 1.82) is 0 Å². The van der Waals surface area contributed by atoms with Crippen LogP contribution < -0.4 is 5.32 Å². The van der Waals surface area contributed by atoms with Gasteiger partial charge in [-0.25, -0.2) is 4.98 Å². The number of aromatic nitrogens is 2. The Balaban J connectivity index is 1.92. The molecule has 0 saturated heterocycles. The molecule has 82 valence electrons. The number of nitrogens with zero attached hydrogens (tertiary/aromatic N) is 2. The summed E-state index contributed by atoms with van der Waals surface area (Å²) < 4.78 is 5.33. The molecule has 0 aliphatic heterocycles. The maximum Gasteiger partial charge on any atom is 0.145 e. The van der Waals surface area contributed by atoms with Gasteiger partial charge in [-0.05, 0) is 26.2 Å². The van der Waals surface area contributed by atoms with E-state index in [2.05, 4.69) is 15.3 Å². The van der Waals surface area contributed by atoms with Crippen LogP contribution in [0.15, 0.2) is 12.4 Å². The summed E-state index contributed by atoms with van der Waals surface area (Å²) >= 11 is 0. The first-order valence-corrected chi connectivity index (χ1v) is 5.36. The van der Waals surface area contributed by atoms with Crippen molar-refractivity contribution in [2.75, 3.05) is 12.4 Å². The van der Waals surface area contributed by atoms with Crippen molar-refractivity contribution >= 4 is 5.82 Å². The third-order valence-corrected chi connectivity index (χ3v) is 2.82. The van der Waals surface area contributed by atoms with Gasteiger partial charge in [0.15, 0.2) is 0 Å². The topological polar surface area (TPSA) is 47.0 Å². The molecule has 4 nitrogen and oxygen atoms in total. The van der Waals surface area contributed by atoms with Crippen LogP contribution in [0.4, 0.5) is 5.82 Å². The quantitative estimate of drug-likeness (QED) is 0.820. The first kappa shape index (κ1) is 10.4. The number of anilines is 1. The molecule has 4 heteroatoms. The van der Waals surface area contributed by atoms with Crippen LogP contribution in [-0.2, 0) is 4.74 Å². The minimum Gasteiger partial charge on any atom is -0.381 e. The van der Waals surface area contributed by atoms with Crippen LogP contribution in [0.1, 0.15) is 25.0 Å². The Labute approximate surface area is 90.1 Å². The van der Waals surface area contributed by atoms with E-state index in [1.807, 2.05) is 6.92 Å². The van der Waals surface area contributed by atoms with Gasteiger partial charge in [0.1, 0.15) is 5.82 Å². The molecule has 0 spiro atoms. The van der Waals surface area contributed by atoms with E-state index in [4.69, 9.17) is 4.74 Å². The number of ether oxygens (including phenoxy) is 1. The zero-order valence-corrected chi connectivity index (χ0v) is 9.23. The van der Waals surface area contributed by atoms with E-state index in [1.54, 1.807) is 19.5 Å². The molecule has 0 aromatic carbocycles. The third-order valence-electron chi connectivity index (χ3n) is 2.82. The van der Waals surface area contributed by atoms with Crippen LogP contribution >= 0.6 is 0 Å². The minimum absolute atomic E-state index is 0.403. The normalized spacial score (nSPS) is 25.5. The van der Waals surface area contributed by atoms with Crippen molar-refractivity contribution in [3.8, 4) is 0 Å². The second-order valence-electron chi connectivity index (χ2n) is 4.06. The van der Waals surface area contributed by atoms with Crippen LogP contribution in [0.2, 0.25) is 0 Å². The monoisotopic (exact) mass is 207 g/mol. The fourth-order valence-corrected chi connectivity index (χ4v) is 2.03. The minimum atomic E-state index is 0.403. The van der Waals surface area contributed by atoms with Crippen LogP contribution in [-0.4, -0.2) is 29.2 Å². The summed E-state index contributed by atoms with van der Waals surface area (Å²) in [4.78, 5) is 8.48. The first-order valence-electron chi connectivity index (χ1n) is 5.36. The smallest absolute Gasteiger partial charge is 0.145 e. The highest BCUT2D eigenvalue weighted by atomic mass is 16.5. The summed E-state index contributed by atoms with van der Waals surface area (Å²) in [5.41, 5.74) is 0.946. The van der Waals surface area contributed by atoms with Gasteiger partial charge in [0, 0.05) is 19.3 Å². The molecule has 1 saturated carbocycles. The standard InChI is InChI=1S/C11H17N3O/c1-8-6-12-7-11(13-8)14-9-3-4-10(5-9)15-2/h6-7,9-10H,3-5H2,1-2H3,(H,13,14). The summed E-state index contributed by atoms with van der Waals surface area (Å²) in [5.74, 6) is 0.872. The number of methoxy groups -OCH3 is 1. The first-order chi connectivity index (χ1) is 7.28. The van der Waals surface area contributed by atoms with Crippen molar-refractivity contribution in [1.82, 2.24) is 9.97 Å². The largest absolute Gasteiger partial charge is 0.381 e. The van der Waals surface area contributed by atoms with Crippen molar-refractivity contribution in [3.63, 3.8) is 0 Å². The molecule has 1 aromatic heterocycles. The highest BCUT2D eigenvalue weighted by Crippen LogP contribution is 2.23. The summed E-state index contributed by atoms with van der Waals surface area (Å²) in [6, 6.07) is 0.478. The predicted molar refractivity (Wildman–Crippen MR) is 58.8 cm³/mol. The highest BCUT2D eigenvalue weighted by molar-refractivity contribution is 5.33. The fourth-order valence-electron chi connectivity index (χ4n) is 2.03. The molecule has 1 N–H and O–H groups in total. The van der Waals surface area contributed by atoms with Crippen molar-refractivity contribution < 1.29 is 4.74 Å². The van der Waals surface area contributed by atoms with Crippen molar-refractivity contribution in [2.45, 2.75) is 38.3 Å². The van der Waals surface area contributed by atoms with E-state index < -0.39 is 0 Å². The van der Waals surface area contributed by atoms with Gasteiger partial charge >= 0.3 is 0 Å². The molecule has 2 unspecified atom stereocenters. The number of aryl methyl sites for hydroxylation is 1. The van der Waals surface area contributed by atoms with Crippen molar-refractivity contribution in [2.24, 2.45) is 0 Å². The Hall–Kier alpha value is -1.16. The Morgan fingerprint density at radius 1 is 1.40 bits per heavy atom. The Bertz CT molecular complexity index is 329. The van der Waals surface area contributed by atoms with Gasteiger partial charge in [-0.15, -0.1) is 0 Å².